The van der Waals surface area contributed by atoms with Crippen molar-refractivity contribution in [3.63, 3.8) is 0 Å². The lowest BCUT2D eigenvalue weighted by Crippen LogP contribution is -1.98. The van der Waals surface area contributed by atoms with Crippen molar-refractivity contribution < 1.29 is 5.11 Å². The number of fused-ring (bicyclic) bond motifs is 1. The van der Waals surface area contributed by atoms with Crippen LogP contribution in [0.25, 0.3) is 10.9 Å². The first-order valence-electron chi connectivity index (χ1n) is 6.48. The zero-order valence-corrected chi connectivity index (χ0v) is 12.0. The molecule has 0 saturated carbocycles. The van der Waals surface area contributed by atoms with E-state index >= 15 is 0 Å². The van der Waals surface area contributed by atoms with Crippen LogP contribution in [0.5, 0.6) is 0 Å². The molecule has 0 atom stereocenters. The summed E-state index contributed by atoms with van der Waals surface area (Å²) in [6, 6.07) is 4.30. The second-order valence-corrected chi connectivity index (χ2v) is 5.24. The van der Waals surface area contributed by atoms with Crippen molar-refractivity contribution in [2.24, 2.45) is 0 Å². The summed E-state index contributed by atoms with van der Waals surface area (Å²) in [7, 11) is 0. The van der Waals surface area contributed by atoms with E-state index in [1.54, 1.807) is 0 Å². The molecule has 0 radical (unpaired) electrons. The Balaban J connectivity index is 2.68. The summed E-state index contributed by atoms with van der Waals surface area (Å²) >= 11 is 6.40. The maximum absolute atomic E-state index is 9.52. The highest BCUT2D eigenvalue weighted by Crippen LogP contribution is 2.32. The molecule has 1 heterocycles. The number of halogens is 1. The highest BCUT2D eigenvalue weighted by Gasteiger charge is 2.15. The molecule has 2 nitrogen and oxygen atoms in total. The number of unbranched alkanes of at least 4 members (excludes halogenated alkanes) is 1. The third kappa shape index (κ3) is 2.15. The number of benzene rings is 1. The van der Waals surface area contributed by atoms with Crippen LogP contribution in [-0.2, 0) is 13.2 Å². The fourth-order valence-corrected chi connectivity index (χ4v) is 2.67. The van der Waals surface area contributed by atoms with Crippen molar-refractivity contribution in [1.82, 2.24) is 4.57 Å². The van der Waals surface area contributed by atoms with Crippen molar-refractivity contribution in [1.29, 1.82) is 0 Å². The van der Waals surface area contributed by atoms with Crippen LogP contribution in [0.3, 0.4) is 0 Å². The first kappa shape index (κ1) is 13.4. The van der Waals surface area contributed by atoms with E-state index in [-0.39, 0.29) is 6.61 Å². The summed E-state index contributed by atoms with van der Waals surface area (Å²) in [5.41, 5.74) is 4.49. The first-order valence-corrected chi connectivity index (χ1v) is 6.86. The SMILES string of the molecule is CCCCn1c(Cl)c(CO)c2cc(C)c(C)cc21. The molecular formula is C15H20ClNO. The van der Waals surface area contributed by atoms with Gasteiger partial charge in [0.15, 0.2) is 0 Å². The quantitative estimate of drug-likeness (QED) is 0.880. The Morgan fingerprint density at radius 2 is 1.89 bits per heavy atom. The molecule has 2 aromatic rings. The second kappa shape index (κ2) is 5.33. The average molecular weight is 266 g/mol. The fraction of sp³-hybridized carbons (Fsp3) is 0.467. The third-order valence-corrected chi connectivity index (χ3v) is 4.04. The summed E-state index contributed by atoms with van der Waals surface area (Å²) in [6.07, 6.45) is 2.23. The van der Waals surface area contributed by atoms with Gasteiger partial charge >= 0.3 is 0 Å². The topological polar surface area (TPSA) is 25.2 Å². The Morgan fingerprint density at radius 3 is 2.50 bits per heavy atom. The summed E-state index contributed by atoms with van der Waals surface area (Å²) in [6.45, 7) is 7.28. The zero-order valence-electron chi connectivity index (χ0n) is 11.3. The van der Waals surface area contributed by atoms with Gasteiger partial charge in [0.25, 0.3) is 0 Å². The summed E-state index contributed by atoms with van der Waals surface area (Å²) < 4.78 is 2.12. The standard InChI is InChI=1S/C15H20ClNO/c1-4-5-6-17-14-8-11(3)10(2)7-12(14)13(9-18)15(17)16/h7-8,18H,4-6,9H2,1-3H3. The fourth-order valence-electron chi connectivity index (χ4n) is 2.33. The largest absolute Gasteiger partial charge is 0.392 e. The molecule has 0 bridgehead atoms. The van der Waals surface area contributed by atoms with Gasteiger partial charge in [-0.15, -0.1) is 0 Å². The van der Waals surface area contributed by atoms with E-state index in [1.807, 2.05) is 0 Å². The van der Waals surface area contributed by atoms with Crippen LogP contribution in [-0.4, -0.2) is 9.67 Å². The van der Waals surface area contributed by atoms with Gasteiger partial charge in [-0.25, -0.2) is 0 Å². The lowest BCUT2D eigenvalue weighted by molar-refractivity contribution is 0.283. The Bertz CT molecular complexity index is 572. The van der Waals surface area contributed by atoms with Crippen molar-refractivity contribution in [3.05, 3.63) is 34.0 Å². The second-order valence-electron chi connectivity index (χ2n) is 4.89. The van der Waals surface area contributed by atoms with E-state index < -0.39 is 0 Å². The number of hydrogen-bond acceptors (Lipinski definition) is 1. The van der Waals surface area contributed by atoms with E-state index in [9.17, 15) is 5.11 Å². The highest BCUT2D eigenvalue weighted by atomic mass is 35.5. The molecule has 0 aliphatic heterocycles. The molecule has 0 aliphatic rings. The van der Waals surface area contributed by atoms with Gasteiger partial charge < -0.3 is 9.67 Å². The molecule has 98 valence electrons. The number of aliphatic hydroxyl groups is 1. The molecule has 1 N–H and O–H groups in total. The van der Waals surface area contributed by atoms with E-state index in [0.29, 0.717) is 5.15 Å². The van der Waals surface area contributed by atoms with E-state index in [0.717, 1.165) is 35.9 Å². The van der Waals surface area contributed by atoms with Crippen molar-refractivity contribution in [3.8, 4) is 0 Å². The molecule has 0 spiro atoms. The normalized spacial score (nSPS) is 11.4. The smallest absolute Gasteiger partial charge is 0.115 e. The first-order chi connectivity index (χ1) is 8.60. The molecule has 0 aliphatic carbocycles. The van der Waals surface area contributed by atoms with Gasteiger partial charge in [0.1, 0.15) is 5.15 Å². The Hall–Kier alpha value is -0.990. The van der Waals surface area contributed by atoms with Crippen LogP contribution in [0.4, 0.5) is 0 Å². The van der Waals surface area contributed by atoms with Crippen molar-refractivity contribution >= 4 is 22.5 Å². The Morgan fingerprint density at radius 1 is 1.22 bits per heavy atom. The molecule has 0 unspecified atom stereocenters. The molecule has 0 fully saturated rings. The molecular weight excluding hydrogens is 246 g/mol. The zero-order chi connectivity index (χ0) is 13.3. The molecule has 18 heavy (non-hydrogen) atoms. The van der Waals surface area contributed by atoms with Gasteiger partial charge in [-0.3, -0.25) is 0 Å². The summed E-state index contributed by atoms with van der Waals surface area (Å²) in [4.78, 5) is 0. The van der Waals surface area contributed by atoms with Crippen LogP contribution in [0.2, 0.25) is 5.15 Å². The van der Waals surface area contributed by atoms with Crippen molar-refractivity contribution in [2.75, 3.05) is 0 Å². The Kier molecular flexibility index (Phi) is 3.98. The molecule has 1 aromatic heterocycles. The predicted molar refractivity (Wildman–Crippen MR) is 77.3 cm³/mol. The van der Waals surface area contributed by atoms with Crippen molar-refractivity contribution in [2.45, 2.75) is 46.8 Å². The number of hydrogen-bond donors (Lipinski definition) is 1. The van der Waals surface area contributed by atoms with Gasteiger partial charge in [0.05, 0.1) is 6.61 Å². The van der Waals surface area contributed by atoms with Gasteiger partial charge in [0.2, 0.25) is 0 Å². The molecule has 2 rings (SSSR count). The van der Waals surface area contributed by atoms with Crippen LogP contribution >= 0.6 is 11.6 Å². The number of nitrogens with zero attached hydrogens (tertiary/aromatic N) is 1. The minimum Gasteiger partial charge on any atom is -0.392 e. The number of rotatable bonds is 4. The van der Waals surface area contributed by atoms with E-state index in [1.165, 1.54) is 11.1 Å². The Labute approximate surface area is 113 Å². The number of aryl methyl sites for hydroxylation is 3. The molecule has 0 amide bonds. The van der Waals surface area contributed by atoms with Crippen LogP contribution in [0.1, 0.15) is 36.5 Å². The minimum absolute atomic E-state index is 0.00302. The van der Waals surface area contributed by atoms with E-state index in [4.69, 9.17) is 11.6 Å². The summed E-state index contributed by atoms with van der Waals surface area (Å²) in [5.74, 6) is 0. The third-order valence-electron chi connectivity index (χ3n) is 3.61. The molecule has 3 heteroatoms. The number of aliphatic hydroxyl groups excluding tert-OH is 1. The molecule has 0 saturated heterocycles. The summed E-state index contributed by atoms with van der Waals surface area (Å²) in [5, 5.41) is 11.3. The van der Waals surface area contributed by atoms with Crippen LogP contribution in [0, 0.1) is 13.8 Å². The van der Waals surface area contributed by atoms with Gasteiger partial charge in [0, 0.05) is 23.0 Å². The van der Waals surface area contributed by atoms with Crippen LogP contribution in [0.15, 0.2) is 12.1 Å². The molecule has 1 aromatic carbocycles. The average Bonchev–Trinajstić information content (AvgIpc) is 2.59. The minimum atomic E-state index is -0.00302. The highest BCUT2D eigenvalue weighted by molar-refractivity contribution is 6.32. The maximum atomic E-state index is 9.52. The number of aromatic nitrogens is 1. The van der Waals surface area contributed by atoms with E-state index in [2.05, 4.69) is 37.5 Å². The monoisotopic (exact) mass is 265 g/mol. The lowest BCUT2D eigenvalue weighted by atomic mass is 10.1. The predicted octanol–water partition coefficient (Wildman–Crippen LogP) is 4.20. The van der Waals surface area contributed by atoms with Gasteiger partial charge in [-0.2, -0.15) is 0 Å². The van der Waals surface area contributed by atoms with Gasteiger partial charge in [-0.05, 0) is 43.5 Å². The van der Waals surface area contributed by atoms with Gasteiger partial charge in [-0.1, -0.05) is 24.9 Å². The maximum Gasteiger partial charge on any atom is 0.115 e. The van der Waals surface area contributed by atoms with Crippen LogP contribution < -0.4 is 0 Å². The lowest BCUT2D eigenvalue weighted by Gasteiger charge is -2.07.